The minimum atomic E-state index is -1.13. The fraction of sp³-hybridized carbons (Fsp3) is 0.674. The summed E-state index contributed by atoms with van der Waals surface area (Å²) in [6, 6.07) is -0.735. The van der Waals surface area contributed by atoms with Crippen molar-refractivity contribution in [2.24, 2.45) is 0 Å². The Balaban J connectivity index is 4.44. The first kappa shape index (κ1) is 50.8. The van der Waals surface area contributed by atoms with E-state index in [-0.39, 0.29) is 42.7 Å². The first-order chi connectivity index (χ1) is 26.1. The summed E-state index contributed by atoms with van der Waals surface area (Å²) in [5.74, 6) is -1.80. The number of carboxylic acids is 1. The SMILES string of the molecule is CC/C=C/C/C=C/CCCCCCCC(=O)OC(COCCC(C(=O)[O-])[N+](C)(C)C)COC(=O)CCCCCCC/C=C/C=C/C=C/C=C/CCCCC. The van der Waals surface area contributed by atoms with Crippen molar-refractivity contribution in [3.8, 4) is 0 Å². The van der Waals surface area contributed by atoms with Gasteiger partial charge in [-0.3, -0.25) is 9.59 Å². The van der Waals surface area contributed by atoms with Crippen LogP contribution in [0.25, 0.3) is 0 Å². The van der Waals surface area contributed by atoms with E-state index in [4.69, 9.17) is 14.2 Å². The van der Waals surface area contributed by atoms with Crippen LogP contribution in [0.5, 0.6) is 0 Å². The van der Waals surface area contributed by atoms with E-state index in [2.05, 4.69) is 80.7 Å². The molecule has 0 radical (unpaired) electrons. The molecule has 0 aliphatic rings. The van der Waals surface area contributed by atoms with E-state index in [1.54, 1.807) is 21.1 Å². The van der Waals surface area contributed by atoms with E-state index in [1.165, 1.54) is 19.3 Å². The highest BCUT2D eigenvalue weighted by atomic mass is 16.6. The quantitative estimate of drug-likeness (QED) is 0.0206. The molecule has 0 aromatic heterocycles. The van der Waals surface area contributed by atoms with E-state index in [1.807, 2.05) is 6.08 Å². The van der Waals surface area contributed by atoms with Crippen LogP contribution in [0, 0.1) is 0 Å². The van der Waals surface area contributed by atoms with Gasteiger partial charge in [-0.25, -0.2) is 0 Å². The minimum absolute atomic E-state index is 0.0230. The Morgan fingerprint density at radius 1 is 0.593 bits per heavy atom. The molecular weight excluding hydrogens is 679 g/mol. The first-order valence-corrected chi connectivity index (χ1v) is 21.0. The van der Waals surface area contributed by atoms with E-state index < -0.39 is 18.1 Å². The molecule has 2 unspecified atom stereocenters. The van der Waals surface area contributed by atoms with Crippen molar-refractivity contribution in [1.29, 1.82) is 0 Å². The zero-order valence-corrected chi connectivity index (χ0v) is 34.9. The Labute approximate surface area is 330 Å². The number of quaternary nitrogens is 1. The molecule has 0 rings (SSSR count). The van der Waals surface area contributed by atoms with Gasteiger partial charge in [-0.1, -0.05) is 138 Å². The molecule has 0 aliphatic carbocycles. The van der Waals surface area contributed by atoms with Crippen LogP contribution < -0.4 is 5.11 Å². The summed E-state index contributed by atoms with van der Waals surface area (Å²) in [6.45, 7) is 4.45. The fourth-order valence-electron chi connectivity index (χ4n) is 5.65. The number of carbonyl (C=O) groups is 3. The number of rotatable bonds is 36. The molecule has 0 aliphatic heterocycles. The maximum atomic E-state index is 12.7. The molecule has 308 valence electrons. The topological polar surface area (TPSA) is 102 Å². The Hall–Kier alpha value is -3.23. The van der Waals surface area contributed by atoms with Crippen LogP contribution in [0.3, 0.4) is 0 Å². The normalized spacial score (nSPS) is 13.7. The van der Waals surface area contributed by atoms with Gasteiger partial charge in [0, 0.05) is 19.3 Å². The molecule has 0 bridgehead atoms. The van der Waals surface area contributed by atoms with Crippen LogP contribution in [0.4, 0.5) is 0 Å². The predicted molar refractivity (Wildman–Crippen MR) is 222 cm³/mol. The number of ether oxygens (including phenoxy) is 3. The Kier molecular flexibility index (Phi) is 34.5. The number of carboxylic acid groups (broad SMARTS) is 1. The number of hydrogen-bond donors (Lipinski definition) is 0. The van der Waals surface area contributed by atoms with E-state index in [9.17, 15) is 19.5 Å². The summed E-state index contributed by atoms with van der Waals surface area (Å²) in [5, 5.41) is 11.6. The van der Waals surface area contributed by atoms with Gasteiger partial charge >= 0.3 is 11.9 Å². The lowest BCUT2D eigenvalue weighted by Gasteiger charge is -2.34. The molecule has 8 nitrogen and oxygen atoms in total. The summed E-state index contributed by atoms with van der Waals surface area (Å²) >= 11 is 0. The van der Waals surface area contributed by atoms with Gasteiger partial charge in [0.2, 0.25) is 0 Å². The highest BCUT2D eigenvalue weighted by Gasteiger charge is 2.25. The van der Waals surface area contributed by atoms with E-state index in [0.717, 1.165) is 96.3 Å². The molecule has 0 spiro atoms. The maximum absolute atomic E-state index is 12.7. The molecule has 0 amide bonds. The monoisotopic (exact) mass is 756 g/mol. The minimum Gasteiger partial charge on any atom is -0.544 e. The standard InChI is InChI=1S/C46H77NO7/c1-6-8-10-12-14-16-18-20-21-22-23-24-25-27-28-30-32-34-36-44(48)53-41-42(40-52-39-38-43(46(50)51)47(3,4)5)54-45(49)37-35-33-31-29-26-19-17-15-13-11-9-7-2/h9,11,14-18,20-24,42-43H,6-8,10,12-13,19,25-41H2,1-5H3/b11-9+,16-14+,17-15+,20-18+,22-21+,24-23+. The maximum Gasteiger partial charge on any atom is 0.306 e. The molecule has 0 heterocycles. The highest BCUT2D eigenvalue weighted by Crippen LogP contribution is 2.12. The van der Waals surface area contributed by atoms with Crippen molar-refractivity contribution in [2.45, 2.75) is 161 Å². The van der Waals surface area contributed by atoms with Crippen LogP contribution in [0.15, 0.2) is 72.9 Å². The number of hydrogen-bond acceptors (Lipinski definition) is 7. The zero-order valence-electron chi connectivity index (χ0n) is 34.9. The van der Waals surface area contributed by atoms with Gasteiger partial charge in [0.15, 0.2) is 6.10 Å². The lowest BCUT2D eigenvalue weighted by Crippen LogP contribution is -2.55. The molecule has 0 N–H and O–H groups in total. The van der Waals surface area contributed by atoms with Gasteiger partial charge < -0.3 is 28.6 Å². The third-order valence-corrected chi connectivity index (χ3v) is 8.92. The van der Waals surface area contributed by atoms with Crippen LogP contribution in [0.2, 0.25) is 0 Å². The Morgan fingerprint density at radius 3 is 1.69 bits per heavy atom. The number of aliphatic carboxylic acids is 1. The van der Waals surface area contributed by atoms with Crippen molar-refractivity contribution in [2.75, 3.05) is 41.0 Å². The van der Waals surface area contributed by atoms with Crippen LogP contribution in [-0.4, -0.2) is 75.5 Å². The molecule has 54 heavy (non-hydrogen) atoms. The smallest absolute Gasteiger partial charge is 0.306 e. The van der Waals surface area contributed by atoms with Crippen LogP contribution in [-0.2, 0) is 28.6 Å². The second-order valence-electron chi connectivity index (χ2n) is 14.9. The molecule has 0 saturated heterocycles. The Morgan fingerprint density at radius 2 is 1.11 bits per heavy atom. The summed E-state index contributed by atoms with van der Waals surface area (Å²) in [4.78, 5) is 36.8. The lowest BCUT2D eigenvalue weighted by molar-refractivity contribution is -0.889. The molecule has 2 atom stereocenters. The fourth-order valence-corrected chi connectivity index (χ4v) is 5.65. The summed E-state index contributed by atoms with van der Waals surface area (Å²) < 4.78 is 17.1. The van der Waals surface area contributed by atoms with Gasteiger partial charge in [0.1, 0.15) is 12.6 Å². The lowest BCUT2D eigenvalue weighted by atomic mass is 10.1. The van der Waals surface area contributed by atoms with Gasteiger partial charge in [-0.05, 0) is 64.2 Å². The summed E-state index contributed by atoms with van der Waals surface area (Å²) in [5.41, 5.74) is 0. The molecule has 0 aromatic rings. The predicted octanol–water partition coefficient (Wildman–Crippen LogP) is 9.85. The van der Waals surface area contributed by atoms with E-state index in [0.29, 0.717) is 12.8 Å². The van der Waals surface area contributed by atoms with Crippen molar-refractivity contribution in [3.05, 3.63) is 72.9 Å². The number of allylic oxidation sites excluding steroid dienone is 12. The van der Waals surface area contributed by atoms with Gasteiger partial charge in [-0.15, -0.1) is 0 Å². The summed E-state index contributed by atoms with van der Waals surface area (Å²) in [6.07, 6.45) is 44.9. The van der Waals surface area contributed by atoms with Crippen LogP contribution >= 0.6 is 0 Å². The summed E-state index contributed by atoms with van der Waals surface area (Å²) in [7, 11) is 5.38. The average molecular weight is 756 g/mol. The Bertz CT molecular complexity index is 1110. The molecule has 0 aromatic carbocycles. The highest BCUT2D eigenvalue weighted by molar-refractivity contribution is 5.70. The zero-order chi connectivity index (χ0) is 40.0. The van der Waals surface area contributed by atoms with Gasteiger partial charge in [-0.2, -0.15) is 0 Å². The second kappa shape index (κ2) is 36.7. The number of esters is 2. The van der Waals surface area contributed by atoms with Crippen molar-refractivity contribution in [3.63, 3.8) is 0 Å². The number of carbonyl (C=O) groups excluding carboxylic acids is 3. The number of likely N-dealkylation sites (N-methyl/N-ethyl adjacent to an activating group) is 1. The molecule has 0 saturated carbocycles. The van der Waals surface area contributed by atoms with Crippen molar-refractivity contribution >= 4 is 17.9 Å². The van der Waals surface area contributed by atoms with Gasteiger partial charge in [0.05, 0.1) is 40.3 Å². The molecule has 8 heteroatoms. The molecular formula is C46H77NO7. The van der Waals surface area contributed by atoms with Gasteiger partial charge in [0.25, 0.3) is 0 Å². The largest absolute Gasteiger partial charge is 0.544 e. The third kappa shape index (κ3) is 34.5. The number of unbranched alkanes of at least 4 members (excludes halogenated alkanes) is 13. The van der Waals surface area contributed by atoms with Crippen LogP contribution in [0.1, 0.15) is 149 Å². The van der Waals surface area contributed by atoms with Crippen molar-refractivity contribution in [1.82, 2.24) is 0 Å². The second-order valence-corrected chi connectivity index (χ2v) is 14.9. The molecule has 0 fully saturated rings. The number of nitrogens with zero attached hydrogens (tertiary/aromatic N) is 1. The van der Waals surface area contributed by atoms with Crippen molar-refractivity contribution < 1.29 is 38.2 Å². The van der Waals surface area contributed by atoms with E-state index >= 15 is 0 Å². The third-order valence-electron chi connectivity index (χ3n) is 8.92. The average Bonchev–Trinajstić information content (AvgIpc) is 3.12. The first-order valence-electron chi connectivity index (χ1n) is 21.0.